The minimum Gasteiger partial charge on any atom is -0.481 e. The monoisotopic (exact) mass is 297 g/mol. The van der Waals surface area contributed by atoms with E-state index in [1.807, 2.05) is 31.2 Å². The second-order valence-electron chi connectivity index (χ2n) is 5.20. The van der Waals surface area contributed by atoms with E-state index in [0.717, 1.165) is 11.3 Å². The highest BCUT2D eigenvalue weighted by molar-refractivity contribution is 5.95. The molecule has 2 aromatic rings. The largest absolute Gasteiger partial charge is 0.481 e. The maximum absolute atomic E-state index is 12.1. The number of amides is 1. The topological polar surface area (TPSA) is 55.4 Å². The standard InChI is InChI=1S/C18H19NO3/c1-12-6-4-8-16(10-12)19-18(21)14(3)22-17-9-5-7-15(11-17)13(2)20/h4-11,14H,1-3H3,(H,19,21)/t14-/m0/s1. The van der Waals surface area contributed by atoms with Crippen molar-refractivity contribution in [3.05, 3.63) is 59.7 Å². The van der Waals surface area contributed by atoms with Gasteiger partial charge in [0.05, 0.1) is 0 Å². The molecule has 4 heteroatoms. The van der Waals surface area contributed by atoms with Crippen LogP contribution in [0.2, 0.25) is 0 Å². The third kappa shape index (κ3) is 4.19. The van der Waals surface area contributed by atoms with E-state index in [2.05, 4.69) is 5.32 Å². The molecule has 0 bridgehead atoms. The minimum absolute atomic E-state index is 0.0395. The van der Waals surface area contributed by atoms with Crippen LogP contribution in [0.5, 0.6) is 5.75 Å². The molecular weight excluding hydrogens is 278 g/mol. The Balaban J connectivity index is 2.02. The molecule has 0 unspecified atom stereocenters. The highest BCUT2D eigenvalue weighted by atomic mass is 16.5. The number of Topliss-reactive ketones (excluding diaryl/α,β-unsaturated/α-hetero) is 1. The normalized spacial score (nSPS) is 11.6. The van der Waals surface area contributed by atoms with Gasteiger partial charge in [0.1, 0.15) is 5.75 Å². The number of nitrogens with one attached hydrogen (secondary N) is 1. The minimum atomic E-state index is -0.664. The van der Waals surface area contributed by atoms with E-state index in [1.165, 1.54) is 6.92 Å². The van der Waals surface area contributed by atoms with Crippen molar-refractivity contribution in [1.29, 1.82) is 0 Å². The van der Waals surface area contributed by atoms with Crippen LogP contribution in [0.15, 0.2) is 48.5 Å². The van der Waals surface area contributed by atoms with Crippen LogP contribution in [-0.4, -0.2) is 17.8 Å². The molecule has 0 spiro atoms. The van der Waals surface area contributed by atoms with Gasteiger partial charge in [-0.2, -0.15) is 0 Å². The summed E-state index contributed by atoms with van der Waals surface area (Å²) >= 11 is 0. The molecule has 1 atom stereocenters. The van der Waals surface area contributed by atoms with E-state index in [4.69, 9.17) is 4.74 Å². The van der Waals surface area contributed by atoms with E-state index in [1.54, 1.807) is 31.2 Å². The fourth-order valence-corrected chi connectivity index (χ4v) is 2.01. The van der Waals surface area contributed by atoms with Crippen LogP contribution in [0.4, 0.5) is 5.69 Å². The lowest BCUT2D eigenvalue weighted by Gasteiger charge is -2.15. The van der Waals surface area contributed by atoms with Gasteiger partial charge in [-0.05, 0) is 50.6 Å². The summed E-state index contributed by atoms with van der Waals surface area (Å²) in [5, 5.41) is 2.81. The van der Waals surface area contributed by atoms with Crippen LogP contribution in [0, 0.1) is 6.92 Å². The lowest BCUT2D eigenvalue weighted by atomic mass is 10.1. The molecule has 0 saturated carbocycles. The van der Waals surface area contributed by atoms with E-state index >= 15 is 0 Å². The van der Waals surface area contributed by atoms with Crippen molar-refractivity contribution in [2.75, 3.05) is 5.32 Å². The quantitative estimate of drug-likeness (QED) is 0.858. The molecule has 114 valence electrons. The first-order chi connectivity index (χ1) is 10.5. The molecule has 1 N–H and O–H groups in total. The zero-order valence-electron chi connectivity index (χ0n) is 12.9. The molecular formula is C18H19NO3. The second kappa shape index (κ2) is 6.89. The van der Waals surface area contributed by atoms with Crippen LogP contribution in [0.1, 0.15) is 29.8 Å². The Kier molecular flexibility index (Phi) is 4.94. The van der Waals surface area contributed by atoms with E-state index in [9.17, 15) is 9.59 Å². The Morgan fingerprint density at radius 1 is 1.09 bits per heavy atom. The third-order valence-electron chi connectivity index (χ3n) is 3.21. The van der Waals surface area contributed by atoms with Crippen molar-refractivity contribution in [3.8, 4) is 5.75 Å². The lowest BCUT2D eigenvalue weighted by Crippen LogP contribution is -2.30. The van der Waals surface area contributed by atoms with Crippen molar-refractivity contribution in [2.24, 2.45) is 0 Å². The first-order valence-electron chi connectivity index (χ1n) is 7.11. The molecule has 0 aliphatic rings. The zero-order chi connectivity index (χ0) is 16.1. The van der Waals surface area contributed by atoms with Crippen LogP contribution in [0.3, 0.4) is 0 Å². The van der Waals surface area contributed by atoms with Gasteiger partial charge in [-0.25, -0.2) is 0 Å². The number of aryl methyl sites for hydroxylation is 1. The van der Waals surface area contributed by atoms with Gasteiger partial charge < -0.3 is 10.1 Å². The van der Waals surface area contributed by atoms with Crippen LogP contribution in [0.25, 0.3) is 0 Å². The van der Waals surface area contributed by atoms with Crippen molar-refractivity contribution in [3.63, 3.8) is 0 Å². The predicted molar refractivity (Wildman–Crippen MR) is 86.3 cm³/mol. The number of anilines is 1. The van der Waals surface area contributed by atoms with Gasteiger partial charge in [0, 0.05) is 11.3 Å². The van der Waals surface area contributed by atoms with Gasteiger partial charge >= 0.3 is 0 Å². The average Bonchev–Trinajstić information content (AvgIpc) is 2.47. The third-order valence-corrected chi connectivity index (χ3v) is 3.21. The number of carbonyl (C=O) groups is 2. The van der Waals surface area contributed by atoms with Gasteiger partial charge in [0.25, 0.3) is 5.91 Å². The predicted octanol–water partition coefficient (Wildman–Crippen LogP) is 3.60. The SMILES string of the molecule is CC(=O)c1cccc(O[C@@H](C)C(=O)Nc2cccc(C)c2)c1. The lowest BCUT2D eigenvalue weighted by molar-refractivity contribution is -0.122. The summed E-state index contributed by atoms with van der Waals surface area (Å²) in [5.41, 5.74) is 2.36. The Morgan fingerprint density at radius 2 is 1.82 bits per heavy atom. The first kappa shape index (κ1) is 15.8. The number of hydrogen-bond acceptors (Lipinski definition) is 3. The smallest absolute Gasteiger partial charge is 0.265 e. The number of hydrogen-bond donors (Lipinski definition) is 1. The fraction of sp³-hybridized carbons (Fsp3) is 0.222. The second-order valence-corrected chi connectivity index (χ2v) is 5.20. The molecule has 0 saturated heterocycles. The van der Waals surface area contributed by atoms with Gasteiger partial charge in [0.15, 0.2) is 11.9 Å². The van der Waals surface area contributed by atoms with Crippen molar-refractivity contribution in [2.45, 2.75) is 26.9 Å². The van der Waals surface area contributed by atoms with Gasteiger partial charge in [-0.3, -0.25) is 9.59 Å². The van der Waals surface area contributed by atoms with Crippen molar-refractivity contribution < 1.29 is 14.3 Å². The van der Waals surface area contributed by atoms with Gasteiger partial charge in [-0.1, -0.05) is 24.3 Å². The zero-order valence-corrected chi connectivity index (χ0v) is 12.9. The average molecular weight is 297 g/mol. The van der Waals surface area contributed by atoms with Gasteiger partial charge in [0.2, 0.25) is 0 Å². The first-order valence-corrected chi connectivity index (χ1v) is 7.11. The Morgan fingerprint density at radius 3 is 2.50 bits per heavy atom. The molecule has 0 aromatic heterocycles. The molecule has 0 fully saturated rings. The summed E-state index contributed by atoms with van der Waals surface area (Å²) in [6.07, 6.45) is -0.664. The molecule has 0 aliphatic carbocycles. The van der Waals surface area contributed by atoms with E-state index < -0.39 is 6.10 Å². The highest BCUT2D eigenvalue weighted by Crippen LogP contribution is 2.16. The number of carbonyl (C=O) groups excluding carboxylic acids is 2. The summed E-state index contributed by atoms with van der Waals surface area (Å²) in [5.74, 6) is 0.223. The maximum Gasteiger partial charge on any atom is 0.265 e. The summed E-state index contributed by atoms with van der Waals surface area (Å²) < 4.78 is 5.61. The Bertz CT molecular complexity index is 694. The Labute approximate surface area is 130 Å². The number of rotatable bonds is 5. The number of ether oxygens (including phenoxy) is 1. The molecule has 2 rings (SSSR count). The van der Waals surface area contributed by atoms with Gasteiger partial charge in [-0.15, -0.1) is 0 Å². The van der Waals surface area contributed by atoms with Crippen LogP contribution >= 0.6 is 0 Å². The molecule has 0 radical (unpaired) electrons. The molecule has 4 nitrogen and oxygen atoms in total. The van der Waals surface area contributed by atoms with Crippen molar-refractivity contribution >= 4 is 17.4 Å². The molecule has 2 aromatic carbocycles. The maximum atomic E-state index is 12.1. The molecule has 22 heavy (non-hydrogen) atoms. The summed E-state index contributed by atoms with van der Waals surface area (Å²) in [6.45, 7) is 5.13. The molecule has 0 aliphatic heterocycles. The van der Waals surface area contributed by atoms with E-state index in [0.29, 0.717) is 11.3 Å². The van der Waals surface area contributed by atoms with E-state index in [-0.39, 0.29) is 11.7 Å². The van der Waals surface area contributed by atoms with Crippen LogP contribution in [-0.2, 0) is 4.79 Å². The molecule has 0 heterocycles. The Hall–Kier alpha value is -2.62. The van der Waals surface area contributed by atoms with Crippen molar-refractivity contribution in [1.82, 2.24) is 0 Å². The number of benzene rings is 2. The van der Waals surface area contributed by atoms with Crippen LogP contribution < -0.4 is 10.1 Å². The number of ketones is 1. The fourth-order valence-electron chi connectivity index (χ4n) is 2.01. The summed E-state index contributed by atoms with van der Waals surface area (Å²) in [7, 11) is 0. The highest BCUT2D eigenvalue weighted by Gasteiger charge is 2.15. The molecule has 1 amide bonds. The summed E-state index contributed by atoms with van der Waals surface area (Å²) in [4.78, 5) is 23.5. The summed E-state index contributed by atoms with van der Waals surface area (Å²) in [6, 6.07) is 14.4.